The summed E-state index contributed by atoms with van der Waals surface area (Å²) in [5.41, 5.74) is 2.13. The SMILES string of the molecule is CC(C)OC(C)(C)CN1c2ccccc2N(CC(C)(C)OC(C)C)C1C(C)C. The van der Waals surface area contributed by atoms with Crippen LogP contribution in [0.2, 0.25) is 0 Å². The first kappa shape index (κ1) is 23.0. The van der Waals surface area contributed by atoms with Gasteiger partial charge in [-0.05, 0) is 73.4 Å². The van der Waals surface area contributed by atoms with E-state index in [0.717, 1.165) is 13.1 Å². The molecule has 4 heteroatoms. The lowest BCUT2D eigenvalue weighted by molar-refractivity contribution is -0.0537. The number of rotatable bonds is 9. The van der Waals surface area contributed by atoms with E-state index in [1.807, 2.05) is 0 Å². The topological polar surface area (TPSA) is 24.9 Å². The number of para-hydroxylation sites is 2. The van der Waals surface area contributed by atoms with E-state index in [4.69, 9.17) is 9.47 Å². The average Bonchev–Trinajstić information content (AvgIpc) is 2.77. The Morgan fingerprint density at radius 2 is 1.11 bits per heavy atom. The van der Waals surface area contributed by atoms with Gasteiger partial charge in [-0.25, -0.2) is 0 Å². The normalized spacial score (nSPS) is 16.0. The second kappa shape index (κ2) is 8.62. The zero-order valence-electron chi connectivity index (χ0n) is 19.7. The Morgan fingerprint density at radius 1 is 0.750 bits per heavy atom. The lowest BCUT2D eigenvalue weighted by atomic mass is 10.0. The molecule has 0 aliphatic carbocycles. The number of fused-ring (bicyclic) bond motifs is 1. The van der Waals surface area contributed by atoms with Gasteiger partial charge in [0.05, 0.1) is 34.8 Å². The minimum absolute atomic E-state index is 0.208. The van der Waals surface area contributed by atoms with Crippen LogP contribution in [0.4, 0.5) is 11.4 Å². The Labute approximate surface area is 173 Å². The van der Waals surface area contributed by atoms with Crippen molar-refractivity contribution in [2.24, 2.45) is 5.92 Å². The molecule has 1 aliphatic heterocycles. The fourth-order valence-electron chi connectivity index (χ4n) is 4.65. The Hall–Kier alpha value is -1.26. The smallest absolute Gasteiger partial charge is 0.104 e. The average molecular weight is 391 g/mol. The molecule has 1 aromatic carbocycles. The molecule has 1 aliphatic rings. The molecule has 0 N–H and O–H groups in total. The molecule has 0 spiro atoms. The van der Waals surface area contributed by atoms with Gasteiger partial charge in [0.2, 0.25) is 0 Å². The largest absolute Gasteiger partial charge is 0.371 e. The molecule has 0 saturated carbocycles. The van der Waals surface area contributed by atoms with Crippen LogP contribution in [0.25, 0.3) is 0 Å². The molecule has 0 atom stereocenters. The van der Waals surface area contributed by atoms with Crippen molar-refractivity contribution >= 4 is 11.4 Å². The summed E-state index contributed by atoms with van der Waals surface area (Å²) in [5, 5.41) is 0. The highest BCUT2D eigenvalue weighted by Gasteiger charge is 2.42. The Bertz CT molecular complexity index is 586. The van der Waals surface area contributed by atoms with Gasteiger partial charge in [0.25, 0.3) is 0 Å². The molecular formula is C24H42N2O2. The van der Waals surface area contributed by atoms with Crippen LogP contribution in [-0.4, -0.2) is 42.7 Å². The van der Waals surface area contributed by atoms with E-state index >= 15 is 0 Å². The molecule has 160 valence electrons. The van der Waals surface area contributed by atoms with E-state index in [-0.39, 0.29) is 29.6 Å². The van der Waals surface area contributed by atoms with Gasteiger partial charge in [0, 0.05) is 13.1 Å². The molecular weight excluding hydrogens is 348 g/mol. The molecule has 0 bridgehead atoms. The number of ether oxygens (including phenoxy) is 2. The third-order valence-electron chi connectivity index (χ3n) is 4.95. The number of hydrogen-bond acceptors (Lipinski definition) is 4. The molecule has 0 saturated heterocycles. The third-order valence-corrected chi connectivity index (χ3v) is 4.95. The Balaban J connectivity index is 2.39. The fraction of sp³-hybridized carbons (Fsp3) is 0.750. The van der Waals surface area contributed by atoms with Gasteiger partial charge in [-0.1, -0.05) is 26.0 Å². The molecule has 2 rings (SSSR count). The van der Waals surface area contributed by atoms with Crippen molar-refractivity contribution < 1.29 is 9.47 Å². The van der Waals surface area contributed by atoms with Crippen LogP contribution in [0.15, 0.2) is 24.3 Å². The van der Waals surface area contributed by atoms with Crippen molar-refractivity contribution in [2.45, 2.75) is 98.8 Å². The zero-order chi connectivity index (χ0) is 21.3. The number of nitrogens with zero attached hydrogens (tertiary/aromatic N) is 2. The van der Waals surface area contributed by atoms with Gasteiger partial charge in [0.15, 0.2) is 0 Å². The molecule has 1 heterocycles. The maximum absolute atomic E-state index is 6.25. The van der Waals surface area contributed by atoms with E-state index in [0.29, 0.717) is 5.92 Å². The standard InChI is InChI=1S/C24H42N2O2/c1-17(2)22-25(15-23(7,8)27-18(3)4)20-13-11-12-14-21(20)26(22)16-24(9,10)28-19(5)6/h11-14,17-19,22H,15-16H2,1-10H3. The summed E-state index contributed by atoms with van der Waals surface area (Å²) >= 11 is 0. The predicted molar refractivity (Wildman–Crippen MR) is 120 cm³/mol. The summed E-state index contributed by atoms with van der Waals surface area (Å²) in [7, 11) is 0. The van der Waals surface area contributed by atoms with Gasteiger partial charge in [0.1, 0.15) is 6.17 Å². The van der Waals surface area contributed by atoms with Crippen LogP contribution in [0.3, 0.4) is 0 Å². The van der Waals surface area contributed by atoms with E-state index < -0.39 is 0 Å². The molecule has 0 unspecified atom stereocenters. The van der Waals surface area contributed by atoms with Crippen LogP contribution in [0.5, 0.6) is 0 Å². The summed E-state index contributed by atoms with van der Waals surface area (Å²) in [6.07, 6.45) is 0.696. The zero-order valence-corrected chi connectivity index (χ0v) is 19.7. The molecule has 0 aromatic heterocycles. The van der Waals surface area contributed by atoms with E-state index in [1.165, 1.54) is 11.4 Å². The molecule has 0 fully saturated rings. The van der Waals surface area contributed by atoms with Crippen molar-refractivity contribution in [2.75, 3.05) is 22.9 Å². The number of benzene rings is 1. The summed E-state index contributed by atoms with van der Waals surface area (Å²) in [4.78, 5) is 5.07. The quantitative estimate of drug-likeness (QED) is 0.540. The first-order valence-corrected chi connectivity index (χ1v) is 10.8. The van der Waals surface area contributed by atoms with Crippen molar-refractivity contribution in [1.29, 1.82) is 0 Å². The molecule has 28 heavy (non-hydrogen) atoms. The summed E-state index contributed by atoms with van der Waals surface area (Å²) in [6, 6.07) is 8.76. The van der Waals surface area contributed by atoms with Crippen LogP contribution in [-0.2, 0) is 9.47 Å². The lowest BCUT2D eigenvalue weighted by Crippen LogP contribution is -2.55. The molecule has 1 aromatic rings. The van der Waals surface area contributed by atoms with Crippen molar-refractivity contribution in [3.8, 4) is 0 Å². The van der Waals surface area contributed by atoms with Crippen LogP contribution in [0.1, 0.15) is 69.2 Å². The Morgan fingerprint density at radius 3 is 1.39 bits per heavy atom. The summed E-state index contributed by atoms with van der Waals surface area (Å²) < 4.78 is 12.5. The highest BCUT2D eigenvalue weighted by atomic mass is 16.5. The van der Waals surface area contributed by atoms with Gasteiger partial charge < -0.3 is 19.3 Å². The predicted octanol–water partition coefficient (Wildman–Crippen LogP) is 5.70. The summed E-state index contributed by atoms with van der Waals surface area (Å²) in [6.45, 7) is 23.5. The maximum atomic E-state index is 6.25. The third kappa shape index (κ3) is 5.64. The van der Waals surface area contributed by atoms with Crippen LogP contribution in [0, 0.1) is 5.92 Å². The highest BCUT2D eigenvalue weighted by Crippen LogP contribution is 2.43. The highest BCUT2D eigenvalue weighted by molar-refractivity contribution is 5.78. The van der Waals surface area contributed by atoms with Crippen molar-refractivity contribution in [3.63, 3.8) is 0 Å². The molecule has 0 radical (unpaired) electrons. The Kier molecular flexibility index (Phi) is 7.09. The van der Waals surface area contributed by atoms with E-state index in [2.05, 4.69) is 103 Å². The fourth-order valence-corrected chi connectivity index (χ4v) is 4.65. The lowest BCUT2D eigenvalue weighted by Gasteiger charge is -2.42. The van der Waals surface area contributed by atoms with Crippen molar-refractivity contribution in [1.82, 2.24) is 0 Å². The molecule has 0 amide bonds. The van der Waals surface area contributed by atoms with Crippen LogP contribution < -0.4 is 9.80 Å². The van der Waals surface area contributed by atoms with Gasteiger partial charge in [-0.2, -0.15) is 0 Å². The van der Waals surface area contributed by atoms with E-state index in [9.17, 15) is 0 Å². The first-order valence-electron chi connectivity index (χ1n) is 10.8. The van der Waals surface area contributed by atoms with E-state index in [1.54, 1.807) is 0 Å². The minimum Gasteiger partial charge on any atom is -0.371 e. The number of anilines is 2. The maximum Gasteiger partial charge on any atom is 0.104 e. The number of hydrogen-bond donors (Lipinski definition) is 0. The minimum atomic E-state index is -0.228. The molecule has 4 nitrogen and oxygen atoms in total. The second-order valence-corrected chi connectivity index (χ2v) is 10.3. The van der Waals surface area contributed by atoms with Gasteiger partial charge >= 0.3 is 0 Å². The second-order valence-electron chi connectivity index (χ2n) is 10.3. The van der Waals surface area contributed by atoms with Gasteiger partial charge in [-0.3, -0.25) is 0 Å². The van der Waals surface area contributed by atoms with Crippen molar-refractivity contribution in [3.05, 3.63) is 24.3 Å². The summed E-state index contributed by atoms with van der Waals surface area (Å²) in [5.74, 6) is 0.470. The first-order chi connectivity index (χ1) is 12.8. The monoisotopic (exact) mass is 390 g/mol. The van der Waals surface area contributed by atoms with Crippen LogP contribution >= 0.6 is 0 Å². The van der Waals surface area contributed by atoms with Gasteiger partial charge in [-0.15, -0.1) is 0 Å².